The molecule has 2 heteroatoms. The second kappa shape index (κ2) is 7.86. The molecule has 2 nitrogen and oxygen atoms in total. The van der Waals surface area contributed by atoms with E-state index in [2.05, 4.69) is 51.1 Å². The quantitative estimate of drug-likeness (QED) is 0.598. The zero-order valence-corrected chi connectivity index (χ0v) is 12.5. The largest absolute Gasteiger partial charge is 0.492 e. The molecule has 104 valence electrons. The van der Waals surface area contributed by atoms with Crippen molar-refractivity contribution in [3.63, 3.8) is 0 Å². The van der Waals surface area contributed by atoms with Crippen LogP contribution in [0.4, 0.5) is 0 Å². The minimum Gasteiger partial charge on any atom is -0.492 e. The first-order valence-corrected chi connectivity index (χ1v) is 6.91. The van der Waals surface area contributed by atoms with Crippen molar-refractivity contribution in [1.82, 2.24) is 5.32 Å². The third-order valence-electron chi connectivity index (χ3n) is 2.89. The van der Waals surface area contributed by atoms with Crippen molar-refractivity contribution in [1.29, 1.82) is 0 Å². The second-order valence-corrected chi connectivity index (χ2v) is 5.39. The molecule has 0 heterocycles. The summed E-state index contributed by atoms with van der Waals surface area (Å²) in [6.07, 6.45) is 5.88. The van der Waals surface area contributed by atoms with Crippen molar-refractivity contribution in [2.24, 2.45) is 5.92 Å². The van der Waals surface area contributed by atoms with Gasteiger partial charge in [-0.05, 0) is 43.0 Å². The van der Waals surface area contributed by atoms with Crippen molar-refractivity contribution in [2.75, 3.05) is 13.2 Å². The summed E-state index contributed by atoms with van der Waals surface area (Å²) in [5, 5.41) is 3.46. The summed E-state index contributed by atoms with van der Waals surface area (Å²) in [6.45, 7) is 11.1. The minimum absolute atomic E-state index is 0.586. The smallest absolute Gasteiger partial charge is 0.125 e. The molecule has 1 N–H and O–H groups in total. The maximum absolute atomic E-state index is 5.74. The van der Waals surface area contributed by atoms with Gasteiger partial charge in [0.2, 0.25) is 0 Å². The lowest BCUT2D eigenvalue weighted by Crippen LogP contribution is -2.19. The van der Waals surface area contributed by atoms with Gasteiger partial charge in [-0.2, -0.15) is 0 Å². The molecule has 1 rings (SSSR count). The Morgan fingerprint density at radius 3 is 2.42 bits per heavy atom. The number of terminal acetylenes is 1. The van der Waals surface area contributed by atoms with Gasteiger partial charge < -0.3 is 10.1 Å². The van der Waals surface area contributed by atoms with E-state index in [0.29, 0.717) is 18.9 Å². The molecule has 0 saturated heterocycles. The summed E-state index contributed by atoms with van der Waals surface area (Å²) in [7, 11) is 0. The van der Waals surface area contributed by atoms with Crippen LogP contribution in [0.3, 0.4) is 0 Å². The fourth-order valence-corrected chi connectivity index (χ4v) is 2.09. The molecule has 1 aromatic carbocycles. The standard InChI is InChI=1S/C17H25NO/c1-6-7-8-19-17-14(4)9-16(10-15(17)5)12-18-11-13(2)3/h1,9-10,13,18H,7-8,11-12H2,2-5H3. The normalized spacial score (nSPS) is 10.5. The van der Waals surface area contributed by atoms with Gasteiger partial charge in [0.15, 0.2) is 0 Å². The lowest BCUT2D eigenvalue weighted by atomic mass is 10.1. The van der Waals surface area contributed by atoms with Gasteiger partial charge in [0.25, 0.3) is 0 Å². The number of rotatable bonds is 7. The Kier molecular flexibility index (Phi) is 6.45. The van der Waals surface area contributed by atoms with E-state index >= 15 is 0 Å². The molecule has 0 fully saturated rings. The van der Waals surface area contributed by atoms with Crippen LogP contribution < -0.4 is 10.1 Å². The van der Waals surface area contributed by atoms with Crippen LogP contribution >= 0.6 is 0 Å². The predicted octanol–water partition coefficient (Wildman–Crippen LogP) is 3.45. The number of hydrogen-bond donors (Lipinski definition) is 1. The van der Waals surface area contributed by atoms with Crippen LogP contribution in [-0.2, 0) is 6.54 Å². The van der Waals surface area contributed by atoms with Crippen molar-refractivity contribution in [3.05, 3.63) is 28.8 Å². The fraction of sp³-hybridized carbons (Fsp3) is 0.529. The molecule has 0 atom stereocenters. The summed E-state index contributed by atoms with van der Waals surface area (Å²) in [5.74, 6) is 4.24. The molecule has 0 unspecified atom stereocenters. The van der Waals surface area contributed by atoms with Crippen molar-refractivity contribution >= 4 is 0 Å². The molecule has 0 aliphatic heterocycles. The Hall–Kier alpha value is -1.46. The molecular formula is C17H25NO. The first-order valence-electron chi connectivity index (χ1n) is 6.91. The summed E-state index contributed by atoms with van der Waals surface area (Å²) in [6, 6.07) is 4.37. The van der Waals surface area contributed by atoms with Crippen molar-refractivity contribution in [2.45, 2.75) is 40.7 Å². The van der Waals surface area contributed by atoms with Crippen LogP contribution in [0.1, 0.15) is 37.0 Å². The van der Waals surface area contributed by atoms with Gasteiger partial charge >= 0.3 is 0 Å². The molecule has 0 amide bonds. The number of hydrogen-bond acceptors (Lipinski definition) is 2. The van der Waals surface area contributed by atoms with Gasteiger partial charge in [0, 0.05) is 13.0 Å². The van der Waals surface area contributed by atoms with Gasteiger partial charge in [-0.1, -0.05) is 26.0 Å². The molecule has 0 saturated carbocycles. The summed E-state index contributed by atoms with van der Waals surface area (Å²) >= 11 is 0. The number of ether oxygens (including phenoxy) is 1. The van der Waals surface area contributed by atoms with E-state index in [9.17, 15) is 0 Å². The molecule has 0 bridgehead atoms. The zero-order chi connectivity index (χ0) is 14.3. The second-order valence-electron chi connectivity index (χ2n) is 5.39. The first-order chi connectivity index (χ1) is 9.04. The zero-order valence-electron chi connectivity index (χ0n) is 12.5. The van der Waals surface area contributed by atoms with Crippen LogP contribution in [0.15, 0.2) is 12.1 Å². The maximum Gasteiger partial charge on any atom is 0.125 e. The Morgan fingerprint density at radius 2 is 1.89 bits per heavy atom. The molecule has 0 aliphatic rings. The van der Waals surface area contributed by atoms with Crippen LogP contribution in [0.2, 0.25) is 0 Å². The van der Waals surface area contributed by atoms with E-state index in [1.165, 1.54) is 16.7 Å². The lowest BCUT2D eigenvalue weighted by molar-refractivity contribution is 0.322. The summed E-state index contributed by atoms with van der Waals surface area (Å²) in [4.78, 5) is 0. The third kappa shape index (κ3) is 5.36. The predicted molar refractivity (Wildman–Crippen MR) is 81.4 cm³/mol. The Labute approximate surface area is 117 Å². The molecule has 19 heavy (non-hydrogen) atoms. The first kappa shape index (κ1) is 15.6. The number of nitrogens with one attached hydrogen (secondary N) is 1. The van der Waals surface area contributed by atoms with Gasteiger partial charge in [-0.15, -0.1) is 12.3 Å². The molecule has 0 aromatic heterocycles. The topological polar surface area (TPSA) is 21.3 Å². The van der Waals surface area contributed by atoms with E-state index in [4.69, 9.17) is 11.2 Å². The lowest BCUT2D eigenvalue weighted by Gasteiger charge is -2.14. The summed E-state index contributed by atoms with van der Waals surface area (Å²) in [5.41, 5.74) is 3.66. The van der Waals surface area contributed by atoms with Crippen LogP contribution in [0.25, 0.3) is 0 Å². The average molecular weight is 259 g/mol. The molecule has 1 aromatic rings. The van der Waals surface area contributed by atoms with E-state index in [1.54, 1.807) is 0 Å². The maximum atomic E-state index is 5.74. The number of aryl methyl sites for hydroxylation is 2. The molecule has 0 aliphatic carbocycles. The highest BCUT2D eigenvalue weighted by Crippen LogP contribution is 2.25. The van der Waals surface area contributed by atoms with E-state index in [0.717, 1.165) is 18.8 Å². The minimum atomic E-state index is 0.586. The van der Waals surface area contributed by atoms with E-state index in [1.807, 2.05) is 0 Å². The van der Waals surface area contributed by atoms with Gasteiger partial charge in [-0.3, -0.25) is 0 Å². The van der Waals surface area contributed by atoms with E-state index in [-0.39, 0.29) is 0 Å². The Balaban J connectivity index is 2.65. The molecular weight excluding hydrogens is 234 g/mol. The van der Waals surface area contributed by atoms with Crippen LogP contribution in [-0.4, -0.2) is 13.2 Å². The molecule has 0 radical (unpaired) electrons. The SMILES string of the molecule is C#CCCOc1c(C)cc(CNCC(C)C)cc1C. The van der Waals surface area contributed by atoms with Crippen molar-refractivity contribution in [3.8, 4) is 18.1 Å². The Bertz CT molecular complexity index is 420. The van der Waals surface area contributed by atoms with E-state index < -0.39 is 0 Å². The molecule has 0 spiro atoms. The van der Waals surface area contributed by atoms with Crippen molar-refractivity contribution < 1.29 is 4.74 Å². The highest BCUT2D eigenvalue weighted by atomic mass is 16.5. The summed E-state index contributed by atoms with van der Waals surface area (Å²) < 4.78 is 5.74. The Morgan fingerprint density at radius 1 is 1.26 bits per heavy atom. The van der Waals surface area contributed by atoms with Crippen LogP contribution in [0.5, 0.6) is 5.75 Å². The monoisotopic (exact) mass is 259 g/mol. The van der Waals surface area contributed by atoms with Crippen LogP contribution in [0, 0.1) is 32.1 Å². The fourth-order valence-electron chi connectivity index (χ4n) is 2.09. The highest BCUT2D eigenvalue weighted by molar-refractivity contribution is 5.43. The highest BCUT2D eigenvalue weighted by Gasteiger charge is 2.06. The number of benzene rings is 1. The van der Waals surface area contributed by atoms with Gasteiger partial charge in [0.1, 0.15) is 5.75 Å². The van der Waals surface area contributed by atoms with Gasteiger partial charge in [0.05, 0.1) is 6.61 Å². The van der Waals surface area contributed by atoms with Gasteiger partial charge in [-0.25, -0.2) is 0 Å². The average Bonchev–Trinajstić information content (AvgIpc) is 2.32. The third-order valence-corrected chi connectivity index (χ3v) is 2.89.